The monoisotopic (exact) mass is 341 g/mol. The Kier molecular flexibility index (Phi) is 4.53. The van der Waals surface area contributed by atoms with Gasteiger partial charge in [0.2, 0.25) is 0 Å². The SMILES string of the molecule is COc1ccc2c(c1)OC(C)(C)CN(C(=O)Nc1cccnc1C)C2. The quantitative estimate of drug-likeness (QED) is 0.906. The Bertz CT molecular complexity index is 789. The molecule has 25 heavy (non-hydrogen) atoms. The number of pyridine rings is 1. The second-order valence-electron chi connectivity index (χ2n) is 6.76. The highest BCUT2D eigenvalue weighted by Gasteiger charge is 2.32. The highest BCUT2D eigenvalue weighted by atomic mass is 16.5. The number of ether oxygens (including phenoxy) is 2. The van der Waals surface area contributed by atoms with Gasteiger partial charge in [0.25, 0.3) is 0 Å². The van der Waals surface area contributed by atoms with Crippen molar-refractivity contribution >= 4 is 11.7 Å². The van der Waals surface area contributed by atoms with E-state index >= 15 is 0 Å². The Labute approximate surface area is 147 Å². The van der Waals surface area contributed by atoms with Gasteiger partial charge in [0.05, 0.1) is 31.6 Å². The number of aromatic nitrogens is 1. The number of nitrogens with one attached hydrogen (secondary N) is 1. The van der Waals surface area contributed by atoms with E-state index in [0.717, 1.165) is 22.8 Å². The van der Waals surface area contributed by atoms with E-state index in [-0.39, 0.29) is 6.03 Å². The fourth-order valence-electron chi connectivity index (χ4n) is 2.89. The molecule has 6 nitrogen and oxygen atoms in total. The van der Waals surface area contributed by atoms with Crippen LogP contribution in [0.2, 0.25) is 0 Å². The molecular weight excluding hydrogens is 318 g/mol. The summed E-state index contributed by atoms with van der Waals surface area (Å²) in [5, 5.41) is 2.94. The summed E-state index contributed by atoms with van der Waals surface area (Å²) < 4.78 is 11.4. The zero-order chi connectivity index (χ0) is 18.0. The molecule has 132 valence electrons. The van der Waals surface area contributed by atoms with Crippen molar-refractivity contribution in [1.29, 1.82) is 0 Å². The number of methoxy groups -OCH3 is 1. The van der Waals surface area contributed by atoms with E-state index in [1.54, 1.807) is 24.3 Å². The summed E-state index contributed by atoms with van der Waals surface area (Å²) in [7, 11) is 1.62. The first-order chi connectivity index (χ1) is 11.9. The van der Waals surface area contributed by atoms with E-state index in [0.29, 0.717) is 18.8 Å². The molecule has 1 aliphatic rings. The summed E-state index contributed by atoms with van der Waals surface area (Å²) in [6, 6.07) is 9.16. The number of carbonyl (C=O) groups excluding carboxylic acids is 1. The average molecular weight is 341 g/mol. The van der Waals surface area contributed by atoms with Gasteiger partial charge in [0.15, 0.2) is 0 Å². The lowest BCUT2D eigenvalue weighted by molar-refractivity contribution is 0.0833. The fraction of sp³-hybridized carbons (Fsp3) is 0.368. The van der Waals surface area contributed by atoms with Crippen molar-refractivity contribution in [3.05, 3.63) is 47.8 Å². The smallest absolute Gasteiger partial charge is 0.322 e. The van der Waals surface area contributed by atoms with Crippen molar-refractivity contribution in [2.45, 2.75) is 32.9 Å². The molecule has 2 aromatic rings. The molecule has 1 aromatic heterocycles. The highest BCUT2D eigenvalue weighted by molar-refractivity contribution is 5.90. The first-order valence-electron chi connectivity index (χ1n) is 8.21. The van der Waals surface area contributed by atoms with Gasteiger partial charge >= 0.3 is 6.03 Å². The molecule has 0 unspecified atom stereocenters. The number of nitrogens with zero attached hydrogens (tertiary/aromatic N) is 2. The fourth-order valence-corrected chi connectivity index (χ4v) is 2.89. The molecule has 0 fully saturated rings. The normalized spacial score (nSPS) is 15.6. The van der Waals surface area contributed by atoms with Gasteiger partial charge in [-0.1, -0.05) is 0 Å². The molecule has 1 aromatic carbocycles. The van der Waals surface area contributed by atoms with E-state index in [1.165, 1.54) is 0 Å². The maximum atomic E-state index is 12.8. The Morgan fingerprint density at radius 3 is 2.88 bits per heavy atom. The molecule has 3 rings (SSSR count). The summed E-state index contributed by atoms with van der Waals surface area (Å²) in [4.78, 5) is 18.8. The minimum atomic E-state index is -0.515. The van der Waals surface area contributed by atoms with Crippen LogP contribution in [-0.4, -0.2) is 35.2 Å². The number of hydrogen-bond acceptors (Lipinski definition) is 4. The van der Waals surface area contributed by atoms with E-state index < -0.39 is 5.60 Å². The summed E-state index contributed by atoms with van der Waals surface area (Å²) in [6.07, 6.45) is 1.71. The topological polar surface area (TPSA) is 63.7 Å². The van der Waals surface area contributed by atoms with Crippen LogP contribution in [0.5, 0.6) is 11.5 Å². The molecule has 0 radical (unpaired) electrons. The third-order valence-electron chi connectivity index (χ3n) is 4.13. The van der Waals surface area contributed by atoms with Crippen LogP contribution in [0.15, 0.2) is 36.5 Å². The number of fused-ring (bicyclic) bond motifs is 1. The van der Waals surface area contributed by atoms with E-state index in [4.69, 9.17) is 9.47 Å². The number of carbonyl (C=O) groups is 1. The van der Waals surface area contributed by atoms with Gasteiger partial charge < -0.3 is 19.7 Å². The van der Waals surface area contributed by atoms with Crippen LogP contribution in [0.4, 0.5) is 10.5 Å². The van der Waals surface area contributed by atoms with Gasteiger partial charge in [-0.3, -0.25) is 4.98 Å². The zero-order valence-corrected chi connectivity index (χ0v) is 15.0. The lowest BCUT2D eigenvalue weighted by atomic mass is 10.1. The molecule has 0 atom stereocenters. The molecule has 0 spiro atoms. The van der Waals surface area contributed by atoms with Gasteiger partial charge in [0.1, 0.15) is 17.1 Å². The van der Waals surface area contributed by atoms with Crippen LogP contribution in [-0.2, 0) is 6.54 Å². The van der Waals surface area contributed by atoms with Gasteiger partial charge in [-0.2, -0.15) is 0 Å². The number of hydrogen-bond donors (Lipinski definition) is 1. The van der Waals surface area contributed by atoms with Crippen molar-refractivity contribution in [1.82, 2.24) is 9.88 Å². The second kappa shape index (κ2) is 6.63. The van der Waals surface area contributed by atoms with Crippen LogP contribution in [0.25, 0.3) is 0 Å². The molecule has 2 heterocycles. The molecular formula is C19H23N3O3. The summed E-state index contributed by atoms with van der Waals surface area (Å²) in [5.41, 5.74) is 1.93. The standard InChI is InChI=1S/C19H23N3O3/c1-13-16(6-5-9-20-13)21-18(23)22-11-14-7-8-15(24-4)10-17(14)25-19(2,3)12-22/h5-10H,11-12H2,1-4H3,(H,21,23). The maximum absolute atomic E-state index is 12.8. The molecule has 2 amide bonds. The molecule has 0 aliphatic carbocycles. The third kappa shape index (κ3) is 3.84. The van der Waals surface area contributed by atoms with Gasteiger partial charge in [-0.15, -0.1) is 0 Å². The molecule has 0 bridgehead atoms. The molecule has 0 saturated carbocycles. The molecule has 0 saturated heterocycles. The van der Waals surface area contributed by atoms with Crippen LogP contribution < -0.4 is 14.8 Å². The summed E-state index contributed by atoms with van der Waals surface area (Å²) in [5.74, 6) is 1.48. The number of aryl methyl sites for hydroxylation is 1. The van der Waals surface area contributed by atoms with Gasteiger partial charge in [-0.05, 0) is 45.0 Å². The van der Waals surface area contributed by atoms with E-state index in [9.17, 15) is 4.79 Å². The number of anilines is 1. The van der Waals surface area contributed by atoms with E-state index in [2.05, 4.69) is 10.3 Å². The number of urea groups is 1. The Morgan fingerprint density at radius 1 is 1.36 bits per heavy atom. The average Bonchev–Trinajstić information content (AvgIpc) is 2.70. The van der Waals surface area contributed by atoms with Crippen LogP contribution in [0, 0.1) is 6.92 Å². The first kappa shape index (κ1) is 17.1. The summed E-state index contributed by atoms with van der Waals surface area (Å²) in [6.45, 7) is 6.74. The van der Waals surface area contributed by atoms with E-state index in [1.807, 2.05) is 45.0 Å². The number of rotatable bonds is 2. The lowest BCUT2D eigenvalue weighted by Gasteiger charge is -2.29. The minimum absolute atomic E-state index is 0.170. The third-order valence-corrected chi connectivity index (χ3v) is 4.13. The Morgan fingerprint density at radius 2 is 2.16 bits per heavy atom. The Balaban J connectivity index is 1.86. The van der Waals surface area contributed by atoms with Crippen molar-refractivity contribution in [3.63, 3.8) is 0 Å². The lowest BCUT2D eigenvalue weighted by Crippen LogP contribution is -2.44. The van der Waals surface area contributed by atoms with Crippen molar-refractivity contribution in [2.24, 2.45) is 0 Å². The summed E-state index contributed by atoms with van der Waals surface area (Å²) >= 11 is 0. The van der Waals surface area contributed by atoms with Crippen molar-refractivity contribution < 1.29 is 14.3 Å². The predicted molar refractivity (Wildman–Crippen MR) is 96.1 cm³/mol. The molecule has 6 heteroatoms. The number of benzene rings is 1. The molecule has 1 N–H and O–H groups in total. The Hall–Kier alpha value is -2.76. The minimum Gasteiger partial charge on any atom is -0.497 e. The van der Waals surface area contributed by atoms with Gasteiger partial charge in [-0.25, -0.2) is 4.79 Å². The number of amides is 2. The molecule has 1 aliphatic heterocycles. The second-order valence-corrected chi connectivity index (χ2v) is 6.76. The van der Waals surface area contributed by atoms with Crippen molar-refractivity contribution in [2.75, 3.05) is 19.0 Å². The van der Waals surface area contributed by atoms with Gasteiger partial charge in [0, 0.05) is 17.8 Å². The highest BCUT2D eigenvalue weighted by Crippen LogP contribution is 2.32. The van der Waals surface area contributed by atoms with Crippen LogP contribution in [0.3, 0.4) is 0 Å². The maximum Gasteiger partial charge on any atom is 0.322 e. The first-order valence-corrected chi connectivity index (χ1v) is 8.21. The largest absolute Gasteiger partial charge is 0.497 e. The zero-order valence-electron chi connectivity index (χ0n) is 15.0. The van der Waals surface area contributed by atoms with Crippen LogP contribution >= 0.6 is 0 Å². The predicted octanol–water partition coefficient (Wildman–Crippen LogP) is 3.60. The van der Waals surface area contributed by atoms with Crippen molar-refractivity contribution in [3.8, 4) is 11.5 Å². The van der Waals surface area contributed by atoms with Crippen LogP contribution in [0.1, 0.15) is 25.1 Å².